The summed E-state index contributed by atoms with van der Waals surface area (Å²) in [6.07, 6.45) is -8.76. The zero-order valence-corrected chi connectivity index (χ0v) is 17.6. The smallest absolute Gasteiger partial charge is 0.380 e. The van der Waals surface area contributed by atoms with Crippen molar-refractivity contribution in [2.75, 3.05) is 23.3 Å². The van der Waals surface area contributed by atoms with E-state index in [1.54, 1.807) is 0 Å². The summed E-state index contributed by atoms with van der Waals surface area (Å²) in [6, 6.07) is 1.55. The van der Waals surface area contributed by atoms with Gasteiger partial charge in [-0.1, -0.05) is 0 Å². The first-order chi connectivity index (χ1) is 16.5. The van der Waals surface area contributed by atoms with Crippen LogP contribution in [0, 0.1) is 0 Å². The van der Waals surface area contributed by atoms with Gasteiger partial charge in [0.2, 0.25) is 11.9 Å². The number of aliphatic hydroxyl groups is 1. The van der Waals surface area contributed by atoms with E-state index in [0.29, 0.717) is 11.0 Å². The molecule has 0 spiro atoms. The van der Waals surface area contributed by atoms with Gasteiger partial charge in [-0.3, -0.25) is 4.98 Å². The molecule has 1 fully saturated rings. The molecule has 0 radical (unpaired) electrons. The van der Waals surface area contributed by atoms with E-state index in [-0.39, 0.29) is 5.69 Å². The molecule has 1 aliphatic carbocycles. The van der Waals surface area contributed by atoms with Gasteiger partial charge in [-0.2, -0.15) is 45.7 Å². The molecule has 0 amide bonds. The van der Waals surface area contributed by atoms with E-state index in [4.69, 9.17) is 0 Å². The fourth-order valence-electron chi connectivity index (χ4n) is 3.51. The summed E-state index contributed by atoms with van der Waals surface area (Å²) < 4.78 is 136. The summed E-state index contributed by atoms with van der Waals surface area (Å²) in [6.45, 7) is -3.14. The van der Waals surface area contributed by atoms with Gasteiger partial charge in [-0.05, 0) is 18.6 Å². The summed E-state index contributed by atoms with van der Waals surface area (Å²) in [4.78, 5) is 14.5. The highest BCUT2D eigenvalue weighted by Crippen LogP contribution is 2.44. The Kier molecular flexibility index (Phi) is 6.04. The van der Waals surface area contributed by atoms with E-state index in [9.17, 15) is 49.0 Å². The van der Waals surface area contributed by atoms with Crippen LogP contribution in [0.5, 0.6) is 0 Å². The van der Waals surface area contributed by atoms with Crippen LogP contribution in [0.4, 0.5) is 61.5 Å². The average Bonchev–Trinajstić information content (AvgIpc) is 2.98. The number of hydrogen-bond acceptors (Lipinski definition) is 7. The van der Waals surface area contributed by atoms with Crippen LogP contribution in [0.1, 0.15) is 24.4 Å². The van der Waals surface area contributed by atoms with Crippen LogP contribution in [0.15, 0.2) is 24.2 Å². The number of alkyl halides is 9. The molecular weight excluding hydrogens is 518 g/mol. The molecule has 196 valence electrons. The maximum atomic E-state index is 14.6. The van der Waals surface area contributed by atoms with Crippen LogP contribution in [0.2, 0.25) is 0 Å². The molecule has 0 saturated carbocycles. The number of pyridine rings is 1. The first-order valence-electron chi connectivity index (χ1n) is 10.0. The molecule has 1 saturated heterocycles. The van der Waals surface area contributed by atoms with Crippen molar-refractivity contribution in [2.24, 2.45) is 0 Å². The number of nitrogens with one attached hydrogen (secondary N) is 1. The average molecular weight is 532 g/mol. The summed E-state index contributed by atoms with van der Waals surface area (Å²) in [5, 5.41) is 11.9. The molecule has 7 nitrogen and oxygen atoms in total. The minimum absolute atomic E-state index is 0.330. The Balaban J connectivity index is 1.78. The standard InChI is InChI=1S/C19H14F10N6O/c20-11-9(1-3-16(21,22)12(11)36)13-32-14(31-8-2-4-30-10(5-8)19(27,28)29)34-15(33-13)35-6-17(23,24)18(25,26)7-35/h2,4-5,12,36H,1,3,6-7H2,(H,30,31,32,33,34). The second-order valence-corrected chi connectivity index (χ2v) is 8.09. The minimum Gasteiger partial charge on any atom is -0.380 e. The number of nitrogens with zero attached hydrogens (tertiary/aromatic N) is 5. The lowest BCUT2D eigenvalue weighted by Gasteiger charge is -2.28. The Hall–Kier alpha value is -3.24. The second-order valence-electron chi connectivity index (χ2n) is 8.09. The Morgan fingerprint density at radius 2 is 1.64 bits per heavy atom. The lowest BCUT2D eigenvalue weighted by Crippen LogP contribution is -2.38. The fourth-order valence-corrected chi connectivity index (χ4v) is 3.51. The number of rotatable bonds is 4. The van der Waals surface area contributed by atoms with Gasteiger partial charge in [0.25, 0.3) is 5.92 Å². The van der Waals surface area contributed by atoms with Crippen molar-refractivity contribution in [3.8, 4) is 0 Å². The molecule has 4 rings (SSSR count). The van der Waals surface area contributed by atoms with Crippen LogP contribution in [0.25, 0.3) is 5.57 Å². The van der Waals surface area contributed by atoms with Gasteiger partial charge >= 0.3 is 18.0 Å². The van der Waals surface area contributed by atoms with Gasteiger partial charge < -0.3 is 15.3 Å². The minimum atomic E-state index is -4.85. The number of hydrogen-bond donors (Lipinski definition) is 2. The molecule has 2 aliphatic rings. The van der Waals surface area contributed by atoms with Crippen molar-refractivity contribution in [3.05, 3.63) is 35.7 Å². The van der Waals surface area contributed by atoms with E-state index < -0.39 is 90.8 Å². The van der Waals surface area contributed by atoms with Gasteiger partial charge in [0.15, 0.2) is 11.9 Å². The van der Waals surface area contributed by atoms with E-state index >= 15 is 0 Å². The molecule has 0 aromatic carbocycles. The molecule has 2 aromatic heterocycles. The van der Waals surface area contributed by atoms with Crippen LogP contribution in [0.3, 0.4) is 0 Å². The van der Waals surface area contributed by atoms with Gasteiger partial charge in [-0.15, -0.1) is 0 Å². The molecule has 3 heterocycles. The number of aromatic nitrogens is 4. The fraction of sp³-hybridized carbons (Fsp3) is 0.474. The lowest BCUT2D eigenvalue weighted by atomic mass is 9.92. The summed E-state index contributed by atoms with van der Waals surface area (Å²) in [7, 11) is 0. The van der Waals surface area contributed by atoms with E-state index in [2.05, 4.69) is 25.3 Å². The van der Waals surface area contributed by atoms with Crippen molar-refractivity contribution in [3.63, 3.8) is 0 Å². The summed E-state index contributed by atoms with van der Waals surface area (Å²) in [5.74, 6) is -16.9. The van der Waals surface area contributed by atoms with E-state index in [0.717, 1.165) is 12.3 Å². The predicted octanol–water partition coefficient (Wildman–Crippen LogP) is 4.59. The van der Waals surface area contributed by atoms with Crippen LogP contribution in [-0.2, 0) is 6.18 Å². The molecular formula is C19H14F10N6O. The highest BCUT2D eigenvalue weighted by Gasteiger charge is 2.63. The Labute approximate surface area is 194 Å². The third-order valence-corrected chi connectivity index (χ3v) is 5.43. The molecule has 36 heavy (non-hydrogen) atoms. The van der Waals surface area contributed by atoms with Gasteiger partial charge in [0.05, 0.1) is 13.1 Å². The number of allylic oxidation sites excluding steroid dienone is 1. The van der Waals surface area contributed by atoms with Crippen molar-refractivity contribution in [1.29, 1.82) is 0 Å². The van der Waals surface area contributed by atoms with Crippen LogP contribution >= 0.6 is 0 Å². The molecule has 0 bridgehead atoms. The Morgan fingerprint density at radius 1 is 1.00 bits per heavy atom. The summed E-state index contributed by atoms with van der Waals surface area (Å²) >= 11 is 0. The van der Waals surface area contributed by atoms with Gasteiger partial charge in [0, 0.05) is 23.9 Å². The first-order valence-corrected chi connectivity index (χ1v) is 10.0. The quantitative estimate of drug-likeness (QED) is 0.558. The number of anilines is 3. The third kappa shape index (κ3) is 4.75. The largest absolute Gasteiger partial charge is 0.433 e. The van der Waals surface area contributed by atoms with Gasteiger partial charge in [-0.25, -0.2) is 13.2 Å². The van der Waals surface area contributed by atoms with Crippen molar-refractivity contribution in [2.45, 2.75) is 42.9 Å². The normalized spacial score (nSPS) is 23.2. The van der Waals surface area contributed by atoms with E-state index in [1.807, 2.05) is 0 Å². The monoisotopic (exact) mass is 532 g/mol. The van der Waals surface area contributed by atoms with Gasteiger partial charge in [0.1, 0.15) is 11.5 Å². The van der Waals surface area contributed by atoms with E-state index in [1.165, 1.54) is 0 Å². The molecule has 1 unspecified atom stereocenters. The van der Waals surface area contributed by atoms with Crippen LogP contribution < -0.4 is 10.2 Å². The van der Waals surface area contributed by atoms with Crippen molar-refractivity contribution in [1.82, 2.24) is 19.9 Å². The topological polar surface area (TPSA) is 87.1 Å². The van der Waals surface area contributed by atoms with Crippen LogP contribution in [-0.4, -0.2) is 62.0 Å². The molecule has 2 aromatic rings. The molecule has 17 heteroatoms. The summed E-state index contributed by atoms with van der Waals surface area (Å²) in [5.41, 5.74) is -2.35. The Morgan fingerprint density at radius 3 is 2.25 bits per heavy atom. The third-order valence-electron chi connectivity index (χ3n) is 5.43. The van der Waals surface area contributed by atoms with Crippen molar-refractivity contribution < 1.29 is 49.0 Å². The number of aliphatic hydroxyl groups excluding tert-OH is 1. The maximum Gasteiger partial charge on any atom is 0.433 e. The predicted molar refractivity (Wildman–Crippen MR) is 103 cm³/mol. The maximum absolute atomic E-state index is 14.6. The molecule has 1 atom stereocenters. The molecule has 2 N–H and O–H groups in total. The zero-order chi connectivity index (χ0) is 26.7. The second kappa shape index (κ2) is 8.41. The first kappa shape index (κ1) is 25.8. The Bertz CT molecular complexity index is 1190. The lowest BCUT2D eigenvalue weighted by molar-refractivity contribution is -0.172. The SMILES string of the molecule is OC1C(F)=C(c2nc(Nc3ccnc(C(F)(F)F)c3)nc(N3CC(F)(F)C(F)(F)C3)n2)CCC1(F)F. The zero-order valence-electron chi connectivity index (χ0n) is 17.6. The van der Waals surface area contributed by atoms with Crippen molar-refractivity contribution >= 4 is 23.2 Å². The number of halogens is 10. The highest BCUT2D eigenvalue weighted by molar-refractivity contribution is 5.67. The molecule has 1 aliphatic heterocycles. The highest BCUT2D eigenvalue weighted by atomic mass is 19.4.